The molecule has 2 aliphatic rings. The average molecular weight is 341 g/mol. The summed E-state index contributed by atoms with van der Waals surface area (Å²) in [7, 11) is 0. The fraction of sp³-hybridized carbons (Fsp3) is 0.474. The number of fused-ring (bicyclic) bond motifs is 3. The number of hydrogen-bond donors (Lipinski definition) is 2. The monoisotopic (exact) mass is 341 g/mol. The van der Waals surface area contributed by atoms with Crippen LogP contribution in [-0.2, 0) is 12.8 Å². The van der Waals surface area contributed by atoms with E-state index < -0.39 is 0 Å². The first-order valence-corrected chi connectivity index (χ1v) is 9.37. The van der Waals surface area contributed by atoms with Crippen molar-refractivity contribution < 1.29 is 4.79 Å². The minimum absolute atomic E-state index is 0.0457. The highest BCUT2D eigenvalue weighted by molar-refractivity contribution is 7.16. The van der Waals surface area contributed by atoms with E-state index in [0.717, 1.165) is 29.0 Å². The van der Waals surface area contributed by atoms with E-state index in [4.69, 9.17) is 0 Å². The van der Waals surface area contributed by atoms with E-state index in [2.05, 4.69) is 36.4 Å². The lowest BCUT2D eigenvalue weighted by atomic mass is 9.72. The van der Waals surface area contributed by atoms with E-state index in [-0.39, 0.29) is 12.1 Å². The van der Waals surface area contributed by atoms with Crippen molar-refractivity contribution in [1.82, 2.24) is 10.3 Å². The molecule has 0 unspecified atom stereocenters. The molecular formula is C19H23N3OS. The molecule has 5 heteroatoms. The summed E-state index contributed by atoms with van der Waals surface area (Å²) in [5.41, 5.74) is 3.44. The van der Waals surface area contributed by atoms with Crippen molar-refractivity contribution in [3.8, 4) is 0 Å². The maximum Gasteiger partial charge on any atom is 0.256 e. The molecule has 2 N–H and O–H groups in total. The molecule has 3 heterocycles. The fourth-order valence-corrected chi connectivity index (χ4v) is 5.10. The Morgan fingerprint density at radius 2 is 2.12 bits per heavy atom. The molecule has 2 aromatic heterocycles. The van der Waals surface area contributed by atoms with E-state index in [1.807, 2.05) is 12.1 Å². The van der Waals surface area contributed by atoms with Crippen LogP contribution in [0.5, 0.6) is 0 Å². The van der Waals surface area contributed by atoms with Crippen LogP contribution in [0.3, 0.4) is 0 Å². The lowest BCUT2D eigenvalue weighted by molar-refractivity contribution is 0.0935. The molecular weight excluding hydrogens is 318 g/mol. The first-order chi connectivity index (χ1) is 11.4. The van der Waals surface area contributed by atoms with Crippen LogP contribution in [-0.4, -0.2) is 10.9 Å². The summed E-state index contributed by atoms with van der Waals surface area (Å²) in [5, 5.41) is 7.60. The second kappa shape index (κ2) is 5.59. The van der Waals surface area contributed by atoms with Crippen LogP contribution in [0.25, 0.3) is 0 Å². The number of nitrogens with zero attached hydrogens (tertiary/aromatic N) is 1. The number of carbonyl (C=O) groups excluding carboxylic acids is 1. The summed E-state index contributed by atoms with van der Waals surface area (Å²) in [6.45, 7) is 6.96. The van der Waals surface area contributed by atoms with Gasteiger partial charge in [-0.3, -0.25) is 9.78 Å². The lowest BCUT2D eigenvalue weighted by Gasteiger charge is -2.34. The number of thiophene rings is 1. The molecule has 1 aliphatic carbocycles. The van der Waals surface area contributed by atoms with Crippen molar-refractivity contribution in [3.05, 3.63) is 46.1 Å². The van der Waals surface area contributed by atoms with E-state index in [9.17, 15) is 4.79 Å². The summed E-state index contributed by atoms with van der Waals surface area (Å²) in [6, 6.07) is 3.88. The molecule has 0 saturated carbocycles. The maximum atomic E-state index is 12.7. The van der Waals surface area contributed by atoms with Gasteiger partial charge in [-0.25, -0.2) is 0 Å². The van der Waals surface area contributed by atoms with Crippen molar-refractivity contribution in [2.75, 3.05) is 5.32 Å². The first-order valence-electron chi connectivity index (χ1n) is 8.55. The largest absolute Gasteiger partial charge is 0.353 e. The summed E-state index contributed by atoms with van der Waals surface area (Å²) < 4.78 is 0. The number of carbonyl (C=O) groups is 1. The van der Waals surface area contributed by atoms with Gasteiger partial charge in [-0.1, -0.05) is 26.8 Å². The minimum Gasteiger partial charge on any atom is -0.353 e. The van der Waals surface area contributed by atoms with E-state index in [0.29, 0.717) is 11.3 Å². The lowest BCUT2D eigenvalue weighted by Crippen LogP contribution is -2.38. The Morgan fingerprint density at radius 1 is 1.29 bits per heavy atom. The molecule has 0 bridgehead atoms. The van der Waals surface area contributed by atoms with Gasteiger partial charge >= 0.3 is 0 Å². The van der Waals surface area contributed by atoms with E-state index in [1.165, 1.54) is 16.9 Å². The summed E-state index contributed by atoms with van der Waals surface area (Å²) >= 11 is 1.77. The number of pyridine rings is 1. The average Bonchev–Trinajstić information content (AvgIpc) is 2.92. The normalized spacial score (nSPS) is 23.0. The molecule has 4 rings (SSSR count). The summed E-state index contributed by atoms with van der Waals surface area (Å²) in [6.07, 6.45) is 6.61. The molecule has 0 aromatic carbocycles. The Hall–Kier alpha value is -1.88. The number of rotatable bonds is 1. The molecule has 2 atom stereocenters. The Balaban J connectivity index is 1.66. The van der Waals surface area contributed by atoms with Gasteiger partial charge in [0, 0.05) is 22.8 Å². The molecule has 1 aliphatic heterocycles. The number of nitrogens with one attached hydrogen (secondary N) is 2. The highest BCUT2D eigenvalue weighted by Gasteiger charge is 2.36. The molecule has 0 spiro atoms. The van der Waals surface area contributed by atoms with Gasteiger partial charge in [-0.05, 0) is 42.2 Å². The van der Waals surface area contributed by atoms with Gasteiger partial charge in [-0.2, -0.15) is 0 Å². The highest BCUT2D eigenvalue weighted by Crippen LogP contribution is 2.45. The Labute approximate surface area is 146 Å². The standard InChI is InChI=1S/C19H23N3OS/c1-19(2,3)12-6-7-13-14(9-12)24-18-15(13)17(23)21-16(22-18)11-5-4-8-20-10-11/h4-5,8,10,12,16,22H,6-7,9H2,1-3H3,(H,21,23)/t12-,16-/m1/s1. The molecule has 126 valence electrons. The molecule has 1 amide bonds. The quantitative estimate of drug-likeness (QED) is 0.819. The Bertz CT molecular complexity index is 776. The molecule has 24 heavy (non-hydrogen) atoms. The van der Waals surface area contributed by atoms with Crippen LogP contribution in [0.15, 0.2) is 24.5 Å². The van der Waals surface area contributed by atoms with Crippen LogP contribution in [0, 0.1) is 11.3 Å². The molecule has 0 saturated heterocycles. The topological polar surface area (TPSA) is 54.0 Å². The van der Waals surface area contributed by atoms with Crippen molar-refractivity contribution in [2.45, 2.75) is 46.2 Å². The van der Waals surface area contributed by atoms with Crippen LogP contribution in [0.1, 0.15) is 59.7 Å². The third-order valence-electron chi connectivity index (χ3n) is 5.29. The van der Waals surface area contributed by atoms with Gasteiger partial charge in [0.15, 0.2) is 0 Å². The van der Waals surface area contributed by atoms with E-state index in [1.54, 1.807) is 23.7 Å². The molecule has 0 radical (unpaired) electrons. The smallest absolute Gasteiger partial charge is 0.256 e. The van der Waals surface area contributed by atoms with E-state index >= 15 is 0 Å². The van der Waals surface area contributed by atoms with Crippen LogP contribution in [0.2, 0.25) is 0 Å². The second-order valence-electron chi connectivity index (χ2n) is 7.85. The van der Waals surface area contributed by atoms with Crippen molar-refractivity contribution in [1.29, 1.82) is 0 Å². The maximum absolute atomic E-state index is 12.7. The van der Waals surface area contributed by atoms with Gasteiger partial charge in [-0.15, -0.1) is 11.3 Å². The van der Waals surface area contributed by atoms with Crippen LogP contribution < -0.4 is 10.6 Å². The van der Waals surface area contributed by atoms with Crippen LogP contribution >= 0.6 is 11.3 Å². The number of amides is 1. The predicted octanol–water partition coefficient (Wildman–Crippen LogP) is 4.15. The Kier molecular flexibility index (Phi) is 3.64. The second-order valence-corrected chi connectivity index (χ2v) is 8.96. The predicted molar refractivity (Wildman–Crippen MR) is 97.4 cm³/mol. The van der Waals surface area contributed by atoms with Gasteiger partial charge in [0.25, 0.3) is 5.91 Å². The zero-order valence-electron chi connectivity index (χ0n) is 14.3. The third kappa shape index (κ3) is 2.61. The highest BCUT2D eigenvalue weighted by atomic mass is 32.1. The Morgan fingerprint density at radius 3 is 2.83 bits per heavy atom. The first kappa shape index (κ1) is 15.6. The van der Waals surface area contributed by atoms with Gasteiger partial charge in [0.1, 0.15) is 11.2 Å². The molecule has 4 nitrogen and oxygen atoms in total. The van der Waals surface area contributed by atoms with Crippen LogP contribution in [0.4, 0.5) is 5.00 Å². The fourth-order valence-electron chi connectivity index (χ4n) is 3.75. The van der Waals surface area contributed by atoms with Gasteiger partial charge in [0.2, 0.25) is 0 Å². The number of hydrogen-bond acceptors (Lipinski definition) is 4. The SMILES string of the molecule is CC(C)(C)[C@@H]1CCc2c(sc3c2C(=O)N[C@@H](c2cccnc2)N3)C1. The van der Waals surface area contributed by atoms with Gasteiger partial charge < -0.3 is 10.6 Å². The number of anilines is 1. The van der Waals surface area contributed by atoms with Crippen molar-refractivity contribution in [2.24, 2.45) is 11.3 Å². The van der Waals surface area contributed by atoms with Crippen molar-refractivity contribution in [3.63, 3.8) is 0 Å². The number of aromatic nitrogens is 1. The molecule has 0 fully saturated rings. The van der Waals surface area contributed by atoms with Gasteiger partial charge in [0.05, 0.1) is 5.56 Å². The summed E-state index contributed by atoms with van der Waals surface area (Å²) in [5.74, 6) is 0.728. The van der Waals surface area contributed by atoms with Crippen molar-refractivity contribution >= 4 is 22.2 Å². The minimum atomic E-state index is -0.197. The zero-order chi connectivity index (χ0) is 16.9. The third-order valence-corrected chi connectivity index (χ3v) is 6.47. The zero-order valence-corrected chi connectivity index (χ0v) is 15.2. The summed E-state index contributed by atoms with van der Waals surface area (Å²) in [4.78, 5) is 18.3. The molecule has 2 aromatic rings.